The summed E-state index contributed by atoms with van der Waals surface area (Å²) in [6, 6.07) is 8.33. The quantitative estimate of drug-likeness (QED) is 0.555. The molecule has 0 fully saturated rings. The van der Waals surface area contributed by atoms with Gasteiger partial charge in [-0.25, -0.2) is 0 Å². The molecular weight excluding hydrogens is 220 g/mol. The maximum absolute atomic E-state index is 6.12. The van der Waals surface area contributed by atoms with Gasteiger partial charge in [-0.15, -0.1) is 0 Å². The first kappa shape index (κ1) is 11.3. The Hall–Kier alpha value is -1.76. The van der Waals surface area contributed by atoms with Gasteiger partial charge >= 0.3 is 0 Å². The van der Waals surface area contributed by atoms with E-state index in [1.165, 1.54) is 33.4 Å². The Morgan fingerprint density at radius 2 is 1.50 bits per heavy atom. The van der Waals surface area contributed by atoms with Crippen molar-refractivity contribution >= 4 is 0 Å². The Morgan fingerprint density at radius 1 is 0.833 bits per heavy atom. The van der Waals surface area contributed by atoms with Crippen molar-refractivity contribution < 1.29 is 4.74 Å². The molecule has 0 aliphatic carbocycles. The van der Waals surface area contributed by atoms with Gasteiger partial charge < -0.3 is 4.74 Å². The molecule has 0 saturated heterocycles. The highest BCUT2D eigenvalue weighted by atomic mass is 16.5. The third-order valence-corrected chi connectivity index (χ3v) is 4.31. The van der Waals surface area contributed by atoms with E-state index in [0.717, 1.165) is 17.9 Å². The lowest BCUT2D eigenvalue weighted by Gasteiger charge is -2.26. The Morgan fingerprint density at radius 3 is 2.28 bits per heavy atom. The molecule has 0 radical (unpaired) electrons. The number of fused-ring (bicyclic) bond motifs is 2. The largest absolute Gasteiger partial charge is 0.456 e. The first-order valence-corrected chi connectivity index (χ1v) is 6.44. The van der Waals surface area contributed by atoms with Crippen molar-refractivity contribution in [1.29, 1.82) is 0 Å². The van der Waals surface area contributed by atoms with Crippen LogP contribution in [0.25, 0.3) is 0 Å². The van der Waals surface area contributed by atoms with Crippen molar-refractivity contribution in [2.45, 2.75) is 34.1 Å². The minimum atomic E-state index is 0.985. The zero-order chi connectivity index (χ0) is 12.9. The van der Waals surface area contributed by atoms with Gasteiger partial charge in [-0.2, -0.15) is 0 Å². The number of para-hydroxylation sites is 1. The Balaban J connectivity index is 2.25. The zero-order valence-corrected chi connectivity index (χ0v) is 11.4. The standard InChI is InChI=1S/C17H18O/c1-10-11(2)13(4)17-15(12(10)3)9-14-7-5-6-8-16(14)18-17/h5-8H,9H2,1-4H3. The Bertz CT molecular complexity index is 583. The molecule has 0 aromatic heterocycles. The van der Waals surface area contributed by atoms with Crippen LogP contribution in [0.2, 0.25) is 0 Å². The van der Waals surface area contributed by atoms with E-state index in [0.29, 0.717) is 0 Å². The second kappa shape index (κ2) is 3.88. The second-order valence-electron chi connectivity index (χ2n) is 5.19. The Labute approximate surface area is 108 Å². The van der Waals surface area contributed by atoms with Crippen LogP contribution in [-0.2, 0) is 6.42 Å². The summed E-state index contributed by atoms with van der Waals surface area (Å²) in [5.74, 6) is 2.09. The first-order valence-electron chi connectivity index (χ1n) is 6.44. The maximum Gasteiger partial charge on any atom is 0.134 e. The molecule has 0 spiro atoms. The van der Waals surface area contributed by atoms with Crippen LogP contribution in [0.3, 0.4) is 0 Å². The molecule has 0 saturated carbocycles. The van der Waals surface area contributed by atoms with Gasteiger partial charge in [0.25, 0.3) is 0 Å². The third kappa shape index (κ3) is 1.47. The molecule has 0 N–H and O–H groups in total. The van der Waals surface area contributed by atoms with Gasteiger partial charge in [-0.1, -0.05) is 18.2 Å². The van der Waals surface area contributed by atoms with Crippen molar-refractivity contribution in [2.75, 3.05) is 0 Å². The van der Waals surface area contributed by atoms with Crippen LogP contribution >= 0.6 is 0 Å². The topological polar surface area (TPSA) is 9.23 Å². The van der Waals surface area contributed by atoms with E-state index in [-0.39, 0.29) is 0 Å². The summed E-state index contributed by atoms with van der Waals surface area (Å²) in [6.45, 7) is 8.76. The molecule has 92 valence electrons. The molecular formula is C17H18O. The van der Waals surface area contributed by atoms with Gasteiger partial charge in [0.2, 0.25) is 0 Å². The summed E-state index contributed by atoms with van der Waals surface area (Å²) in [5, 5.41) is 0. The van der Waals surface area contributed by atoms with E-state index >= 15 is 0 Å². The monoisotopic (exact) mass is 238 g/mol. The summed E-state index contributed by atoms with van der Waals surface area (Å²) in [6.07, 6.45) is 0.985. The summed E-state index contributed by atoms with van der Waals surface area (Å²) in [5.41, 5.74) is 8.05. The molecule has 2 aromatic rings. The fourth-order valence-electron chi connectivity index (χ4n) is 2.76. The van der Waals surface area contributed by atoms with E-state index in [1.54, 1.807) is 0 Å². The molecule has 1 nitrogen and oxygen atoms in total. The van der Waals surface area contributed by atoms with Crippen molar-refractivity contribution in [3.63, 3.8) is 0 Å². The van der Waals surface area contributed by atoms with Gasteiger partial charge in [0.05, 0.1) is 0 Å². The van der Waals surface area contributed by atoms with Crippen molar-refractivity contribution in [3.8, 4) is 11.5 Å². The third-order valence-electron chi connectivity index (χ3n) is 4.31. The molecule has 1 heteroatoms. The van der Waals surface area contributed by atoms with Gasteiger partial charge in [0.1, 0.15) is 11.5 Å². The summed E-state index contributed by atoms with van der Waals surface area (Å²) >= 11 is 0. The van der Waals surface area contributed by atoms with Gasteiger partial charge in [0.15, 0.2) is 0 Å². The van der Waals surface area contributed by atoms with Crippen LogP contribution < -0.4 is 4.74 Å². The van der Waals surface area contributed by atoms with Crippen molar-refractivity contribution in [2.24, 2.45) is 0 Å². The van der Waals surface area contributed by atoms with Gasteiger partial charge in [-0.3, -0.25) is 0 Å². The van der Waals surface area contributed by atoms with Crippen molar-refractivity contribution in [1.82, 2.24) is 0 Å². The highest BCUT2D eigenvalue weighted by molar-refractivity contribution is 5.60. The predicted molar refractivity (Wildman–Crippen MR) is 74.7 cm³/mol. The minimum Gasteiger partial charge on any atom is -0.456 e. The number of rotatable bonds is 0. The molecule has 0 amide bonds. The highest BCUT2D eigenvalue weighted by Crippen LogP contribution is 2.42. The molecule has 1 aliphatic rings. The van der Waals surface area contributed by atoms with Crippen LogP contribution in [0.4, 0.5) is 0 Å². The predicted octanol–water partition coefficient (Wildman–Crippen LogP) is 4.62. The lowest BCUT2D eigenvalue weighted by Crippen LogP contribution is -2.09. The van der Waals surface area contributed by atoms with Crippen LogP contribution in [0, 0.1) is 27.7 Å². The average Bonchev–Trinajstić information content (AvgIpc) is 2.41. The van der Waals surface area contributed by atoms with E-state index in [4.69, 9.17) is 4.74 Å². The molecule has 0 atom stereocenters. The fourth-order valence-corrected chi connectivity index (χ4v) is 2.76. The highest BCUT2D eigenvalue weighted by Gasteiger charge is 2.22. The fraction of sp³-hybridized carbons (Fsp3) is 0.294. The molecule has 1 aliphatic heterocycles. The lowest BCUT2D eigenvalue weighted by molar-refractivity contribution is 0.454. The SMILES string of the molecule is Cc1c(C)c(C)c2c(c1C)Cc1ccccc1O2. The summed E-state index contributed by atoms with van der Waals surface area (Å²) in [4.78, 5) is 0. The van der Waals surface area contributed by atoms with E-state index in [9.17, 15) is 0 Å². The van der Waals surface area contributed by atoms with E-state index in [2.05, 4.69) is 45.9 Å². The Kier molecular flexibility index (Phi) is 2.44. The van der Waals surface area contributed by atoms with Crippen LogP contribution in [-0.4, -0.2) is 0 Å². The smallest absolute Gasteiger partial charge is 0.134 e. The maximum atomic E-state index is 6.12. The molecule has 3 rings (SSSR count). The molecule has 18 heavy (non-hydrogen) atoms. The van der Waals surface area contributed by atoms with E-state index < -0.39 is 0 Å². The normalized spacial score (nSPS) is 12.7. The van der Waals surface area contributed by atoms with Gasteiger partial charge in [-0.05, 0) is 61.6 Å². The van der Waals surface area contributed by atoms with Crippen LogP contribution in [0.5, 0.6) is 11.5 Å². The first-order chi connectivity index (χ1) is 8.59. The molecule has 1 heterocycles. The average molecular weight is 238 g/mol. The molecule has 2 aromatic carbocycles. The summed E-state index contributed by atoms with van der Waals surface area (Å²) < 4.78 is 6.12. The van der Waals surface area contributed by atoms with E-state index in [1.807, 2.05) is 6.07 Å². The molecule has 0 bridgehead atoms. The zero-order valence-electron chi connectivity index (χ0n) is 11.4. The number of benzene rings is 2. The van der Waals surface area contributed by atoms with Crippen molar-refractivity contribution in [3.05, 3.63) is 57.6 Å². The number of ether oxygens (including phenoxy) is 1. The lowest BCUT2D eigenvalue weighted by atomic mass is 9.88. The van der Waals surface area contributed by atoms with Gasteiger partial charge in [0, 0.05) is 12.0 Å². The summed E-state index contributed by atoms with van der Waals surface area (Å²) in [7, 11) is 0. The number of hydrogen-bond donors (Lipinski definition) is 0. The second-order valence-corrected chi connectivity index (χ2v) is 5.19. The molecule has 0 unspecified atom stereocenters. The van der Waals surface area contributed by atoms with Crippen LogP contribution in [0.1, 0.15) is 33.4 Å². The van der Waals surface area contributed by atoms with Crippen LogP contribution in [0.15, 0.2) is 24.3 Å². The minimum absolute atomic E-state index is 0.985. The number of hydrogen-bond acceptors (Lipinski definition) is 1.